The first-order valence-corrected chi connectivity index (χ1v) is 6.68. The summed E-state index contributed by atoms with van der Waals surface area (Å²) in [5, 5.41) is 7.19. The Hall–Kier alpha value is -0.660. The van der Waals surface area contributed by atoms with Gasteiger partial charge in [0.2, 0.25) is 0 Å². The highest BCUT2D eigenvalue weighted by molar-refractivity contribution is 8.13. The van der Waals surface area contributed by atoms with Gasteiger partial charge in [0.1, 0.15) is 5.82 Å². The van der Waals surface area contributed by atoms with Gasteiger partial charge in [-0.15, -0.1) is 10.2 Å². The molecular weight excluding hydrogens is 240 g/mol. The maximum Gasteiger partial charge on any atom is 0.296 e. The van der Waals surface area contributed by atoms with E-state index in [1.54, 1.807) is 0 Å². The Balaban J connectivity index is 3.18. The normalized spacial score (nSPS) is 12.3. The predicted octanol–water partition coefficient (Wildman–Crippen LogP) is 0.287. The van der Waals surface area contributed by atoms with E-state index in [1.807, 2.05) is 25.9 Å². The smallest absolute Gasteiger partial charge is 0.296 e. The first-order valence-electron chi connectivity index (χ1n) is 4.37. The number of halogens is 1. The molecule has 0 unspecified atom stereocenters. The van der Waals surface area contributed by atoms with Crippen LogP contribution in [0.1, 0.15) is 12.7 Å². The summed E-state index contributed by atoms with van der Waals surface area (Å²) in [6, 6.07) is 0. The van der Waals surface area contributed by atoms with Crippen molar-refractivity contribution in [2.75, 3.05) is 14.1 Å². The molecule has 0 N–H and O–H groups in total. The van der Waals surface area contributed by atoms with Crippen LogP contribution in [0.2, 0.25) is 0 Å². The lowest BCUT2D eigenvalue weighted by atomic mass is 10.5. The van der Waals surface area contributed by atoms with Gasteiger partial charge >= 0.3 is 0 Å². The van der Waals surface area contributed by atoms with Crippen molar-refractivity contribution in [3.8, 4) is 0 Å². The molecule has 0 aromatic carbocycles. The summed E-state index contributed by atoms with van der Waals surface area (Å²) >= 11 is 0. The van der Waals surface area contributed by atoms with Crippen LogP contribution < -0.4 is 0 Å². The van der Waals surface area contributed by atoms with Gasteiger partial charge in [0.25, 0.3) is 14.2 Å². The predicted molar refractivity (Wildman–Crippen MR) is 56.1 cm³/mol. The highest BCUT2D eigenvalue weighted by Gasteiger charge is 2.21. The second kappa shape index (κ2) is 4.46. The maximum absolute atomic E-state index is 11.1. The Labute approximate surface area is 93.3 Å². The largest absolute Gasteiger partial charge is 0.302 e. The number of rotatable bonds is 4. The second-order valence-corrected chi connectivity index (χ2v) is 5.78. The van der Waals surface area contributed by atoms with Crippen molar-refractivity contribution >= 4 is 19.7 Å². The zero-order chi connectivity index (χ0) is 11.6. The van der Waals surface area contributed by atoms with Crippen LogP contribution >= 0.6 is 10.7 Å². The van der Waals surface area contributed by atoms with Crippen molar-refractivity contribution in [2.45, 2.75) is 25.2 Å². The molecule has 0 amide bonds. The minimum atomic E-state index is -3.82. The number of hydrogen-bond donors (Lipinski definition) is 0. The monoisotopic (exact) mass is 252 g/mol. The van der Waals surface area contributed by atoms with Crippen LogP contribution in [0.15, 0.2) is 5.16 Å². The fourth-order valence-electron chi connectivity index (χ4n) is 1.22. The van der Waals surface area contributed by atoms with Crippen molar-refractivity contribution < 1.29 is 8.42 Å². The zero-order valence-corrected chi connectivity index (χ0v) is 10.4. The van der Waals surface area contributed by atoms with E-state index < -0.39 is 9.05 Å². The van der Waals surface area contributed by atoms with Crippen LogP contribution in [0.3, 0.4) is 0 Å². The molecule has 8 heteroatoms. The van der Waals surface area contributed by atoms with E-state index in [1.165, 1.54) is 4.57 Å². The molecule has 6 nitrogen and oxygen atoms in total. The standard InChI is InChI=1S/C7H13ClN4O2S/c1-4-12-6(5-11(2)3)9-10-7(12)15(8,13)14/h4-5H2,1-3H3. The SMILES string of the molecule is CCn1c(CN(C)C)nnc1S(=O)(=O)Cl. The van der Waals surface area contributed by atoms with Gasteiger partial charge in [-0.3, -0.25) is 0 Å². The van der Waals surface area contributed by atoms with Crippen LogP contribution in [0.5, 0.6) is 0 Å². The van der Waals surface area contributed by atoms with Gasteiger partial charge < -0.3 is 9.47 Å². The van der Waals surface area contributed by atoms with E-state index in [4.69, 9.17) is 10.7 Å². The molecule has 0 spiro atoms. The Morgan fingerprint density at radius 1 is 1.40 bits per heavy atom. The molecule has 0 atom stereocenters. The third-order valence-corrected chi connectivity index (χ3v) is 2.94. The summed E-state index contributed by atoms with van der Waals surface area (Å²) in [5.41, 5.74) is 0. The fourth-order valence-corrected chi connectivity index (χ4v) is 2.20. The second-order valence-electron chi connectivity index (χ2n) is 3.32. The minimum absolute atomic E-state index is 0.191. The highest BCUT2D eigenvalue weighted by atomic mass is 35.7. The molecule has 0 saturated heterocycles. The Morgan fingerprint density at radius 3 is 2.40 bits per heavy atom. The molecule has 0 fully saturated rings. The van der Waals surface area contributed by atoms with Crippen molar-refractivity contribution in [1.29, 1.82) is 0 Å². The molecule has 1 rings (SSSR count). The molecule has 86 valence electrons. The maximum atomic E-state index is 11.1. The van der Waals surface area contributed by atoms with E-state index in [-0.39, 0.29) is 5.16 Å². The molecule has 1 heterocycles. The molecule has 0 aliphatic carbocycles. The van der Waals surface area contributed by atoms with E-state index in [2.05, 4.69) is 10.2 Å². The lowest BCUT2D eigenvalue weighted by Crippen LogP contribution is -2.16. The molecule has 0 radical (unpaired) electrons. The Kier molecular flexibility index (Phi) is 3.69. The molecular formula is C7H13ClN4O2S. The third kappa shape index (κ3) is 2.90. The first kappa shape index (κ1) is 12.4. The summed E-state index contributed by atoms with van der Waals surface area (Å²) in [6.45, 7) is 2.80. The van der Waals surface area contributed by atoms with Gasteiger partial charge in [-0.1, -0.05) is 0 Å². The minimum Gasteiger partial charge on any atom is -0.302 e. The molecule has 0 saturated carbocycles. The molecule has 0 aliphatic rings. The van der Waals surface area contributed by atoms with Gasteiger partial charge in [-0.2, -0.15) is 0 Å². The quantitative estimate of drug-likeness (QED) is 0.721. The molecule has 1 aromatic rings. The summed E-state index contributed by atoms with van der Waals surface area (Å²) in [5.74, 6) is 0.585. The Morgan fingerprint density at radius 2 is 2.00 bits per heavy atom. The van der Waals surface area contributed by atoms with Crippen molar-refractivity contribution in [2.24, 2.45) is 0 Å². The van der Waals surface area contributed by atoms with Crippen LogP contribution in [0.25, 0.3) is 0 Å². The van der Waals surface area contributed by atoms with Crippen molar-refractivity contribution in [1.82, 2.24) is 19.7 Å². The average Bonchev–Trinajstić information content (AvgIpc) is 2.45. The van der Waals surface area contributed by atoms with Gasteiger partial charge in [0.15, 0.2) is 0 Å². The van der Waals surface area contributed by atoms with Crippen molar-refractivity contribution in [3.63, 3.8) is 0 Å². The van der Waals surface area contributed by atoms with Gasteiger partial charge in [-0.05, 0) is 21.0 Å². The number of hydrogen-bond acceptors (Lipinski definition) is 5. The fraction of sp³-hybridized carbons (Fsp3) is 0.714. The van der Waals surface area contributed by atoms with E-state index >= 15 is 0 Å². The zero-order valence-electron chi connectivity index (χ0n) is 8.81. The Bertz CT molecular complexity index is 440. The van der Waals surface area contributed by atoms with Gasteiger partial charge in [-0.25, -0.2) is 8.42 Å². The third-order valence-electron chi connectivity index (χ3n) is 1.79. The van der Waals surface area contributed by atoms with Crippen LogP contribution in [-0.4, -0.2) is 42.2 Å². The van der Waals surface area contributed by atoms with E-state index in [0.29, 0.717) is 18.9 Å². The summed E-state index contributed by atoms with van der Waals surface area (Å²) in [7, 11) is 5.14. The summed E-state index contributed by atoms with van der Waals surface area (Å²) in [6.07, 6.45) is 0. The van der Waals surface area contributed by atoms with Gasteiger partial charge in [0.05, 0.1) is 6.54 Å². The van der Waals surface area contributed by atoms with Crippen LogP contribution in [0, 0.1) is 0 Å². The van der Waals surface area contributed by atoms with E-state index in [0.717, 1.165) is 0 Å². The van der Waals surface area contributed by atoms with Crippen molar-refractivity contribution in [3.05, 3.63) is 5.82 Å². The first-order chi connectivity index (χ1) is 6.86. The number of nitrogens with zero attached hydrogens (tertiary/aromatic N) is 4. The van der Waals surface area contributed by atoms with Crippen LogP contribution in [0.4, 0.5) is 0 Å². The van der Waals surface area contributed by atoms with E-state index in [9.17, 15) is 8.42 Å². The van der Waals surface area contributed by atoms with Gasteiger partial charge in [0, 0.05) is 17.2 Å². The summed E-state index contributed by atoms with van der Waals surface area (Å²) < 4.78 is 23.8. The average molecular weight is 253 g/mol. The molecule has 0 bridgehead atoms. The lowest BCUT2D eigenvalue weighted by molar-refractivity contribution is 0.378. The lowest BCUT2D eigenvalue weighted by Gasteiger charge is -2.10. The molecule has 15 heavy (non-hydrogen) atoms. The summed E-state index contributed by atoms with van der Waals surface area (Å²) in [4.78, 5) is 1.88. The van der Waals surface area contributed by atoms with Crippen LogP contribution in [-0.2, 0) is 22.1 Å². The topological polar surface area (TPSA) is 68.1 Å². The molecule has 0 aliphatic heterocycles. The highest BCUT2D eigenvalue weighted by Crippen LogP contribution is 2.14. The number of aromatic nitrogens is 3. The molecule has 1 aromatic heterocycles.